The molecule has 0 radical (unpaired) electrons. The minimum Gasteiger partial charge on any atom is -0.429 e. The molecule has 2 saturated carbocycles. The summed E-state index contributed by atoms with van der Waals surface area (Å²) in [6.45, 7) is 7.31. The fraction of sp³-hybridized carbons (Fsp3) is 0.857. The van der Waals surface area contributed by atoms with Gasteiger partial charge in [0.1, 0.15) is 11.7 Å². The molecule has 0 bridgehead atoms. The number of hydrogen-bond donors (Lipinski definition) is 2. The lowest BCUT2D eigenvalue weighted by atomic mass is 9.43. The Kier molecular flexibility index (Phi) is 4.50. The summed E-state index contributed by atoms with van der Waals surface area (Å²) in [7, 11) is 1.52. The number of esters is 1. The van der Waals surface area contributed by atoms with Gasteiger partial charge in [-0.15, -0.1) is 0 Å². The van der Waals surface area contributed by atoms with Gasteiger partial charge in [0.05, 0.1) is 12.7 Å². The van der Waals surface area contributed by atoms with Crippen LogP contribution in [0.25, 0.3) is 0 Å². The summed E-state index contributed by atoms with van der Waals surface area (Å²) in [6, 6.07) is 0. The van der Waals surface area contributed by atoms with Crippen molar-refractivity contribution in [3.8, 4) is 0 Å². The molecule has 8 unspecified atom stereocenters. The molecule has 4 rings (SSSR count). The minimum absolute atomic E-state index is 0.0562. The number of fused-ring (bicyclic) bond motifs is 2. The first-order chi connectivity index (χ1) is 12.7. The molecule has 0 aromatic carbocycles. The van der Waals surface area contributed by atoms with Crippen LogP contribution in [0.1, 0.15) is 52.9 Å². The smallest absolute Gasteiger partial charge is 0.336 e. The number of carbonyl (C=O) groups excluding carboxylic acids is 1. The van der Waals surface area contributed by atoms with E-state index in [1.165, 1.54) is 7.11 Å². The average Bonchev–Trinajstić information content (AvgIpc) is 3.37. The van der Waals surface area contributed by atoms with Crippen LogP contribution in [0.3, 0.4) is 0 Å². The predicted octanol–water partition coefficient (Wildman–Crippen LogP) is 2.18. The molecule has 0 aromatic heterocycles. The summed E-state index contributed by atoms with van der Waals surface area (Å²) in [5, 5.41) is 21.2. The molecule has 2 aliphatic heterocycles. The van der Waals surface area contributed by atoms with Gasteiger partial charge in [-0.25, -0.2) is 4.79 Å². The maximum Gasteiger partial charge on any atom is 0.336 e. The van der Waals surface area contributed by atoms with Crippen LogP contribution in [-0.2, 0) is 19.0 Å². The van der Waals surface area contributed by atoms with E-state index in [9.17, 15) is 15.0 Å². The van der Waals surface area contributed by atoms with E-state index in [0.717, 1.165) is 19.3 Å². The number of rotatable bonds is 4. The van der Waals surface area contributed by atoms with Crippen LogP contribution in [-0.4, -0.2) is 54.0 Å². The Morgan fingerprint density at radius 1 is 1.33 bits per heavy atom. The van der Waals surface area contributed by atoms with Crippen molar-refractivity contribution in [2.45, 2.75) is 77.0 Å². The molecule has 0 amide bonds. The third-order valence-corrected chi connectivity index (χ3v) is 8.52. The highest BCUT2D eigenvalue weighted by atomic mass is 16.7. The highest BCUT2D eigenvalue weighted by molar-refractivity contribution is 5.90. The van der Waals surface area contributed by atoms with Crippen LogP contribution in [0.15, 0.2) is 11.6 Å². The maximum atomic E-state index is 12.1. The van der Waals surface area contributed by atoms with E-state index in [4.69, 9.17) is 14.2 Å². The Morgan fingerprint density at radius 3 is 2.63 bits per heavy atom. The number of aliphatic hydroxyl groups excluding tert-OH is 2. The molecule has 2 N–H and O–H groups in total. The molecular formula is C21H32O6. The summed E-state index contributed by atoms with van der Waals surface area (Å²) in [5.74, 6) is 0.397. The predicted molar refractivity (Wildman–Crippen MR) is 97.6 cm³/mol. The van der Waals surface area contributed by atoms with Crippen LogP contribution in [0.2, 0.25) is 0 Å². The van der Waals surface area contributed by atoms with Crippen molar-refractivity contribution in [1.82, 2.24) is 0 Å². The highest BCUT2D eigenvalue weighted by Crippen LogP contribution is 2.68. The lowest BCUT2D eigenvalue weighted by Gasteiger charge is -2.61. The molecule has 152 valence electrons. The van der Waals surface area contributed by atoms with Crippen molar-refractivity contribution >= 4 is 5.97 Å². The largest absolute Gasteiger partial charge is 0.429 e. The molecule has 3 fully saturated rings. The molecule has 4 aliphatic rings. The molecule has 6 heteroatoms. The number of cyclic esters (lactones) is 1. The monoisotopic (exact) mass is 380 g/mol. The number of methoxy groups -OCH3 is 1. The molecular weight excluding hydrogens is 348 g/mol. The Morgan fingerprint density at radius 2 is 2.04 bits per heavy atom. The lowest BCUT2D eigenvalue weighted by molar-refractivity contribution is -0.197. The first kappa shape index (κ1) is 19.4. The maximum absolute atomic E-state index is 12.1. The van der Waals surface area contributed by atoms with Crippen LogP contribution in [0, 0.1) is 22.7 Å². The van der Waals surface area contributed by atoms with E-state index < -0.39 is 24.1 Å². The zero-order valence-corrected chi connectivity index (χ0v) is 16.7. The second kappa shape index (κ2) is 6.28. The average molecular weight is 380 g/mol. The number of hydrogen-bond acceptors (Lipinski definition) is 6. The molecule has 2 heterocycles. The second-order valence-electron chi connectivity index (χ2n) is 9.54. The Bertz CT molecular complexity index is 655. The minimum atomic E-state index is -0.814. The lowest BCUT2D eigenvalue weighted by Crippen LogP contribution is -2.65. The number of epoxide rings is 1. The van der Waals surface area contributed by atoms with Crippen molar-refractivity contribution in [3.63, 3.8) is 0 Å². The van der Waals surface area contributed by atoms with Gasteiger partial charge in [-0.2, -0.15) is 0 Å². The molecule has 27 heavy (non-hydrogen) atoms. The van der Waals surface area contributed by atoms with Gasteiger partial charge in [0.2, 0.25) is 6.29 Å². The Labute approximate surface area is 160 Å². The molecule has 1 spiro atoms. The third kappa shape index (κ3) is 2.64. The molecule has 0 aromatic rings. The van der Waals surface area contributed by atoms with Crippen LogP contribution >= 0.6 is 0 Å². The van der Waals surface area contributed by atoms with Gasteiger partial charge in [-0.3, -0.25) is 0 Å². The van der Waals surface area contributed by atoms with Crippen molar-refractivity contribution < 1.29 is 29.2 Å². The fourth-order valence-corrected chi connectivity index (χ4v) is 6.30. The summed E-state index contributed by atoms with van der Waals surface area (Å²) >= 11 is 0. The van der Waals surface area contributed by atoms with E-state index in [-0.39, 0.29) is 22.7 Å². The molecule has 1 saturated heterocycles. The van der Waals surface area contributed by atoms with Crippen LogP contribution < -0.4 is 0 Å². The van der Waals surface area contributed by atoms with Gasteiger partial charge in [-0.1, -0.05) is 20.8 Å². The summed E-state index contributed by atoms with van der Waals surface area (Å²) in [5.41, 5.74) is -0.147. The quantitative estimate of drug-likeness (QED) is 0.574. The van der Waals surface area contributed by atoms with Crippen LogP contribution in [0.5, 0.6) is 0 Å². The van der Waals surface area contributed by atoms with Gasteiger partial charge in [0, 0.05) is 18.1 Å². The topological polar surface area (TPSA) is 88.5 Å². The summed E-state index contributed by atoms with van der Waals surface area (Å²) < 4.78 is 16.1. The van der Waals surface area contributed by atoms with Crippen molar-refractivity contribution in [1.29, 1.82) is 0 Å². The van der Waals surface area contributed by atoms with E-state index in [1.807, 2.05) is 0 Å². The van der Waals surface area contributed by atoms with Gasteiger partial charge >= 0.3 is 5.97 Å². The van der Waals surface area contributed by atoms with Crippen LogP contribution in [0.4, 0.5) is 0 Å². The van der Waals surface area contributed by atoms with Crippen molar-refractivity contribution in [2.75, 3.05) is 13.7 Å². The molecule has 2 aliphatic carbocycles. The van der Waals surface area contributed by atoms with Gasteiger partial charge in [0.25, 0.3) is 0 Å². The van der Waals surface area contributed by atoms with E-state index >= 15 is 0 Å². The summed E-state index contributed by atoms with van der Waals surface area (Å²) in [4.78, 5) is 12.1. The highest BCUT2D eigenvalue weighted by Gasteiger charge is 2.73. The first-order valence-electron chi connectivity index (χ1n) is 10.1. The number of carbonyl (C=O) groups is 1. The zero-order chi connectivity index (χ0) is 19.6. The zero-order valence-electron chi connectivity index (χ0n) is 16.7. The van der Waals surface area contributed by atoms with Gasteiger partial charge in [-0.05, 0) is 55.4 Å². The SMILES string of the molecule is COC1C=C(CCC2(C)C(C)CCC3(C)C2CC(O)C(O)C32CO2)C(=O)O1. The van der Waals surface area contributed by atoms with Gasteiger partial charge < -0.3 is 24.4 Å². The van der Waals surface area contributed by atoms with Gasteiger partial charge in [0.15, 0.2) is 0 Å². The standard InChI is InChI=1S/C21H32O6/c1-12-5-8-20(3)15(10-14(22)17(23)21(20)11-26-21)19(12,2)7-6-13-9-16(25-4)27-18(13)24/h9,12,14-17,22-23H,5-8,10-11H2,1-4H3. The normalized spacial score (nSPS) is 51.7. The Hall–Kier alpha value is -0.950. The fourth-order valence-electron chi connectivity index (χ4n) is 6.30. The molecule has 6 nitrogen and oxygen atoms in total. The molecule has 8 atom stereocenters. The first-order valence-corrected chi connectivity index (χ1v) is 10.1. The van der Waals surface area contributed by atoms with E-state index in [1.54, 1.807) is 6.08 Å². The number of aliphatic hydroxyl groups is 2. The second-order valence-corrected chi connectivity index (χ2v) is 9.54. The third-order valence-electron chi connectivity index (χ3n) is 8.52. The van der Waals surface area contributed by atoms with E-state index in [0.29, 0.717) is 30.9 Å². The number of ether oxygens (including phenoxy) is 3. The van der Waals surface area contributed by atoms with Crippen molar-refractivity contribution in [2.24, 2.45) is 22.7 Å². The summed E-state index contributed by atoms with van der Waals surface area (Å²) in [6.07, 6.45) is 3.72. The van der Waals surface area contributed by atoms with E-state index in [2.05, 4.69) is 20.8 Å². The van der Waals surface area contributed by atoms with Crippen molar-refractivity contribution in [3.05, 3.63) is 11.6 Å². The Balaban J connectivity index is 1.60.